The fraction of sp³-hybridized carbons (Fsp3) is 0.409. The summed E-state index contributed by atoms with van der Waals surface area (Å²) in [6.45, 7) is 7.52. The number of rotatable bonds is 6. The third kappa shape index (κ3) is 5.41. The van der Waals surface area contributed by atoms with E-state index in [0.717, 1.165) is 30.8 Å². The lowest BCUT2D eigenvalue weighted by atomic mass is 10.1. The lowest BCUT2D eigenvalue weighted by Crippen LogP contribution is -2.53. The van der Waals surface area contributed by atoms with Crippen molar-refractivity contribution in [3.63, 3.8) is 0 Å². The summed E-state index contributed by atoms with van der Waals surface area (Å²) in [7, 11) is 1.92. The van der Waals surface area contributed by atoms with Gasteiger partial charge in [0.15, 0.2) is 5.82 Å². The summed E-state index contributed by atoms with van der Waals surface area (Å²) >= 11 is 6.19. The van der Waals surface area contributed by atoms with Gasteiger partial charge in [0, 0.05) is 62.1 Å². The molecule has 1 atom stereocenters. The van der Waals surface area contributed by atoms with Crippen molar-refractivity contribution in [3.05, 3.63) is 64.2 Å². The topological polar surface area (TPSA) is 85.0 Å². The van der Waals surface area contributed by atoms with E-state index in [2.05, 4.69) is 32.3 Å². The number of aryl methyl sites for hydroxylation is 2. The van der Waals surface area contributed by atoms with Crippen LogP contribution < -0.4 is 0 Å². The number of halogens is 1. The SMILES string of the molecule is Cc1nnn(Cc2cc(Cl)ccc2/C=C/C(=O)N2CCN(Cc3cnn(C)c3)C[C@H]2C)n1. The molecule has 3 heterocycles. The number of aromatic nitrogens is 6. The van der Waals surface area contributed by atoms with Gasteiger partial charge in [-0.15, -0.1) is 10.2 Å². The Morgan fingerprint density at radius 3 is 2.81 bits per heavy atom. The molecule has 1 fully saturated rings. The van der Waals surface area contributed by atoms with Gasteiger partial charge in [0.05, 0.1) is 12.7 Å². The number of amides is 1. The highest BCUT2D eigenvalue weighted by atomic mass is 35.5. The van der Waals surface area contributed by atoms with Crippen molar-refractivity contribution in [1.82, 2.24) is 39.8 Å². The molecule has 0 N–H and O–H groups in total. The first kappa shape index (κ1) is 22.2. The molecule has 9 nitrogen and oxygen atoms in total. The predicted octanol–water partition coefficient (Wildman–Crippen LogP) is 2.16. The minimum Gasteiger partial charge on any atom is -0.334 e. The van der Waals surface area contributed by atoms with E-state index in [9.17, 15) is 4.79 Å². The second-order valence-corrected chi connectivity index (χ2v) is 8.62. The summed E-state index contributed by atoms with van der Waals surface area (Å²) in [5, 5.41) is 17.0. The van der Waals surface area contributed by atoms with E-state index >= 15 is 0 Å². The van der Waals surface area contributed by atoms with Crippen molar-refractivity contribution in [1.29, 1.82) is 0 Å². The van der Waals surface area contributed by atoms with Gasteiger partial charge < -0.3 is 4.90 Å². The zero-order valence-electron chi connectivity index (χ0n) is 18.5. The number of hydrogen-bond acceptors (Lipinski definition) is 6. The second kappa shape index (κ2) is 9.62. The van der Waals surface area contributed by atoms with Gasteiger partial charge in [0.1, 0.15) is 0 Å². The molecule has 4 rings (SSSR count). The van der Waals surface area contributed by atoms with E-state index < -0.39 is 0 Å². The Morgan fingerprint density at radius 1 is 1.28 bits per heavy atom. The Hall–Kier alpha value is -3.04. The van der Waals surface area contributed by atoms with Crippen LogP contribution >= 0.6 is 11.6 Å². The Morgan fingerprint density at radius 2 is 2.12 bits per heavy atom. The molecular formula is C22H27ClN8O. The number of carbonyl (C=O) groups excluding carboxylic acids is 1. The maximum absolute atomic E-state index is 12.9. The molecule has 3 aromatic rings. The minimum absolute atomic E-state index is 0.00848. The molecule has 1 aromatic carbocycles. The van der Waals surface area contributed by atoms with Crippen LogP contribution in [0.4, 0.5) is 0 Å². The lowest BCUT2D eigenvalue weighted by molar-refractivity contribution is -0.130. The Balaban J connectivity index is 1.40. The van der Waals surface area contributed by atoms with Gasteiger partial charge in [-0.2, -0.15) is 9.90 Å². The van der Waals surface area contributed by atoms with E-state index in [-0.39, 0.29) is 11.9 Å². The fourth-order valence-electron chi connectivity index (χ4n) is 3.99. The van der Waals surface area contributed by atoms with Crippen LogP contribution in [0, 0.1) is 6.92 Å². The molecule has 0 unspecified atom stereocenters. The molecule has 0 aliphatic carbocycles. The summed E-state index contributed by atoms with van der Waals surface area (Å²) in [6, 6.07) is 5.71. The molecule has 0 bridgehead atoms. The largest absolute Gasteiger partial charge is 0.334 e. The van der Waals surface area contributed by atoms with Crippen molar-refractivity contribution in [2.45, 2.75) is 33.0 Å². The van der Waals surface area contributed by atoms with Crippen LogP contribution in [0.2, 0.25) is 5.02 Å². The van der Waals surface area contributed by atoms with Crippen LogP contribution in [0.1, 0.15) is 29.4 Å². The molecule has 10 heteroatoms. The number of benzene rings is 1. The Kier molecular flexibility index (Phi) is 6.66. The van der Waals surface area contributed by atoms with Crippen molar-refractivity contribution in [2.24, 2.45) is 7.05 Å². The molecule has 0 spiro atoms. The summed E-state index contributed by atoms with van der Waals surface area (Å²) < 4.78 is 1.81. The highest BCUT2D eigenvalue weighted by Gasteiger charge is 2.26. The highest BCUT2D eigenvalue weighted by Crippen LogP contribution is 2.19. The minimum atomic E-state index is 0.00848. The standard InChI is InChI=1S/C22H27ClN8O/c1-16-12-29(14-18-11-24-28(3)13-18)8-9-30(16)22(32)7-5-19-4-6-21(23)10-20(19)15-31-26-17(2)25-27-31/h4-7,10-11,13,16H,8-9,12,14-15H2,1-3H3/b7-5+/t16-/m1/s1. The zero-order valence-corrected chi connectivity index (χ0v) is 19.3. The van der Waals surface area contributed by atoms with Crippen LogP contribution in [0.25, 0.3) is 6.08 Å². The maximum Gasteiger partial charge on any atom is 0.246 e. The molecule has 1 aliphatic rings. The summed E-state index contributed by atoms with van der Waals surface area (Å²) in [6.07, 6.45) is 7.40. The normalized spacial score (nSPS) is 17.4. The fourth-order valence-corrected chi connectivity index (χ4v) is 4.18. The maximum atomic E-state index is 12.9. The van der Waals surface area contributed by atoms with E-state index in [4.69, 9.17) is 11.6 Å². The van der Waals surface area contributed by atoms with E-state index in [1.165, 1.54) is 10.4 Å². The number of tetrazole rings is 1. The number of hydrogen-bond donors (Lipinski definition) is 0. The van der Waals surface area contributed by atoms with Crippen molar-refractivity contribution < 1.29 is 4.79 Å². The van der Waals surface area contributed by atoms with Crippen LogP contribution in [-0.4, -0.2) is 71.4 Å². The summed E-state index contributed by atoms with van der Waals surface area (Å²) in [5.41, 5.74) is 3.01. The lowest BCUT2D eigenvalue weighted by Gasteiger charge is -2.39. The van der Waals surface area contributed by atoms with Crippen molar-refractivity contribution in [3.8, 4) is 0 Å². The van der Waals surface area contributed by atoms with Crippen molar-refractivity contribution >= 4 is 23.6 Å². The van der Waals surface area contributed by atoms with Gasteiger partial charge in [0.2, 0.25) is 5.91 Å². The van der Waals surface area contributed by atoms with Gasteiger partial charge in [-0.3, -0.25) is 14.4 Å². The molecule has 1 aliphatic heterocycles. The number of nitrogens with zero attached hydrogens (tertiary/aromatic N) is 8. The number of carbonyl (C=O) groups is 1. The molecule has 1 amide bonds. The van der Waals surface area contributed by atoms with Crippen LogP contribution in [0.5, 0.6) is 0 Å². The highest BCUT2D eigenvalue weighted by molar-refractivity contribution is 6.30. The molecule has 0 radical (unpaired) electrons. The first-order valence-electron chi connectivity index (χ1n) is 10.6. The van der Waals surface area contributed by atoms with Crippen LogP contribution in [0.15, 0.2) is 36.7 Å². The molecule has 168 valence electrons. The Labute approximate surface area is 192 Å². The molecule has 0 saturated carbocycles. The number of piperazine rings is 1. The quantitative estimate of drug-likeness (QED) is 0.531. The van der Waals surface area contributed by atoms with Gasteiger partial charge in [-0.1, -0.05) is 17.7 Å². The van der Waals surface area contributed by atoms with Gasteiger partial charge in [0.25, 0.3) is 0 Å². The average Bonchev–Trinajstić information content (AvgIpc) is 3.34. The molecule has 1 saturated heterocycles. The van der Waals surface area contributed by atoms with E-state index in [1.54, 1.807) is 13.0 Å². The van der Waals surface area contributed by atoms with Gasteiger partial charge in [-0.05, 0) is 48.4 Å². The third-order valence-electron chi connectivity index (χ3n) is 5.53. The second-order valence-electron chi connectivity index (χ2n) is 8.18. The van der Waals surface area contributed by atoms with Crippen LogP contribution in [0.3, 0.4) is 0 Å². The first-order chi connectivity index (χ1) is 15.4. The van der Waals surface area contributed by atoms with Crippen LogP contribution in [-0.2, 0) is 24.9 Å². The van der Waals surface area contributed by atoms with Gasteiger partial charge >= 0.3 is 0 Å². The molecule has 2 aromatic heterocycles. The third-order valence-corrected chi connectivity index (χ3v) is 5.77. The molecule has 32 heavy (non-hydrogen) atoms. The van der Waals surface area contributed by atoms with Crippen molar-refractivity contribution in [2.75, 3.05) is 19.6 Å². The smallest absolute Gasteiger partial charge is 0.246 e. The average molecular weight is 455 g/mol. The zero-order chi connectivity index (χ0) is 22.7. The molecular weight excluding hydrogens is 428 g/mol. The summed E-state index contributed by atoms with van der Waals surface area (Å²) in [5.74, 6) is 0.616. The Bertz CT molecular complexity index is 1120. The van der Waals surface area contributed by atoms with E-state index in [1.807, 2.05) is 53.3 Å². The first-order valence-corrected chi connectivity index (χ1v) is 11.0. The van der Waals surface area contributed by atoms with Gasteiger partial charge in [-0.25, -0.2) is 0 Å². The predicted molar refractivity (Wildman–Crippen MR) is 122 cm³/mol. The van der Waals surface area contributed by atoms with E-state index in [0.29, 0.717) is 23.9 Å². The monoisotopic (exact) mass is 454 g/mol. The summed E-state index contributed by atoms with van der Waals surface area (Å²) in [4.78, 5) is 18.7.